The third-order valence-electron chi connectivity index (χ3n) is 4.08. The van der Waals surface area contributed by atoms with E-state index in [-0.39, 0.29) is 6.10 Å². The second-order valence-electron chi connectivity index (χ2n) is 6.53. The van der Waals surface area contributed by atoms with Crippen LogP contribution in [-0.2, 0) is 13.0 Å². The van der Waals surface area contributed by atoms with Gasteiger partial charge in [-0.2, -0.15) is 0 Å². The highest BCUT2D eigenvalue weighted by molar-refractivity contribution is 9.10. The molecule has 4 heteroatoms. The lowest BCUT2D eigenvalue weighted by atomic mass is 10.1. The van der Waals surface area contributed by atoms with Gasteiger partial charge in [0.15, 0.2) is 11.5 Å². The smallest absolute Gasteiger partial charge is 0.167 e. The molecule has 0 bridgehead atoms. The molecule has 0 saturated heterocycles. The molecule has 0 heterocycles. The molecular formula is C21H28BrNO2. The molecule has 1 unspecified atom stereocenters. The highest BCUT2D eigenvalue weighted by atomic mass is 79.9. The summed E-state index contributed by atoms with van der Waals surface area (Å²) in [4.78, 5) is 0. The molecule has 25 heavy (non-hydrogen) atoms. The Kier molecular flexibility index (Phi) is 7.79. The molecule has 0 aromatic heterocycles. The zero-order chi connectivity index (χ0) is 18.2. The number of ether oxygens (including phenoxy) is 2. The number of hydrogen-bond donors (Lipinski definition) is 1. The summed E-state index contributed by atoms with van der Waals surface area (Å²) in [5.74, 6) is 1.58. The van der Waals surface area contributed by atoms with Crippen LogP contribution in [0, 0.1) is 0 Å². The monoisotopic (exact) mass is 405 g/mol. The van der Waals surface area contributed by atoms with Crippen LogP contribution >= 0.6 is 15.9 Å². The number of nitrogens with one attached hydrogen (secondary N) is 1. The lowest BCUT2D eigenvalue weighted by molar-refractivity contribution is 0.226. The molecule has 0 aliphatic heterocycles. The summed E-state index contributed by atoms with van der Waals surface area (Å²) < 4.78 is 12.5. The van der Waals surface area contributed by atoms with Gasteiger partial charge in [0.2, 0.25) is 0 Å². The molecular weight excluding hydrogens is 378 g/mol. The summed E-state index contributed by atoms with van der Waals surface area (Å²) in [5, 5.41) is 3.61. The maximum atomic E-state index is 6.01. The zero-order valence-corrected chi connectivity index (χ0v) is 17.1. The van der Waals surface area contributed by atoms with E-state index < -0.39 is 0 Å². The normalized spacial score (nSPS) is 12.2. The lowest BCUT2D eigenvalue weighted by Crippen LogP contribution is -2.26. The average molecular weight is 406 g/mol. The van der Waals surface area contributed by atoms with Crippen molar-refractivity contribution in [2.24, 2.45) is 0 Å². The lowest BCUT2D eigenvalue weighted by Gasteiger charge is -2.21. The maximum absolute atomic E-state index is 6.01. The predicted molar refractivity (Wildman–Crippen MR) is 108 cm³/mol. The van der Waals surface area contributed by atoms with Crippen LogP contribution in [0.4, 0.5) is 0 Å². The van der Waals surface area contributed by atoms with Crippen molar-refractivity contribution in [3.8, 4) is 11.5 Å². The minimum Gasteiger partial charge on any atom is -0.493 e. The van der Waals surface area contributed by atoms with Crippen LogP contribution < -0.4 is 14.8 Å². The molecule has 0 radical (unpaired) electrons. The fourth-order valence-electron chi connectivity index (χ4n) is 2.68. The Morgan fingerprint density at radius 2 is 1.76 bits per heavy atom. The molecule has 136 valence electrons. The Hall–Kier alpha value is -1.52. The molecule has 2 rings (SSSR count). The Morgan fingerprint density at radius 1 is 1.04 bits per heavy atom. The molecule has 0 aliphatic rings. The number of methoxy groups -OCH3 is 1. The van der Waals surface area contributed by atoms with E-state index in [0.717, 1.165) is 40.9 Å². The van der Waals surface area contributed by atoms with Crippen LogP contribution in [0.3, 0.4) is 0 Å². The third-order valence-corrected chi connectivity index (χ3v) is 4.82. The average Bonchev–Trinajstić information content (AvgIpc) is 2.60. The van der Waals surface area contributed by atoms with Gasteiger partial charge < -0.3 is 14.8 Å². The Morgan fingerprint density at radius 3 is 2.40 bits per heavy atom. The number of hydrogen-bond acceptors (Lipinski definition) is 3. The minimum atomic E-state index is 0.0949. The molecule has 0 amide bonds. The van der Waals surface area contributed by atoms with E-state index >= 15 is 0 Å². The Bertz CT molecular complexity index is 658. The quantitative estimate of drug-likeness (QED) is 0.609. The van der Waals surface area contributed by atoms with Gasteiger partial charge >= 0.3 is 0 Å². The van der Waals surface area contributed by atoms with Crippen molar-refractivity contribution in [1.82, 2.24) is 5.32 Å². The molecule has 0 saturated carbocycles. The number of aryl methyl sites for hydroxylation is 1. The molecule has 2 aromatic carbocycles. The fourth-order valence-corrected chi connectivity index (χ4v) is 3.13. The standard InChI is InChI=1S/C21H28BrNO2/c1-15(2)25-21-18(19(22)12-13-20(21)24-4)14-23-16(3)10-11-17-8-6-5-7-9-17/h5-9,12-13,15-16,23H,10-11,14H2,1-4H3. The topological polar surface area (TPSA) is 30.5 Å². The largest absolute Gasteiger partial charge is 0.493 e. The van der Waals surface area contributed by atoms with E-state index in [1.54, 1.807) is 7.11 Å². The molecule has 1 atom stereocenters. The second-order valence-corrected chi connectivity index (χ2v) is 7.38. The highest BCUT2D eigenvalue weighted by Crippen LogP contribution is 2.37. The van der Waals surface area contributed by atoms with Gasteiger partial charge in [0.1, 0.15) is 0 Å². The van der Waals surface area contributed by atoms with E-state index in [4.69, 9.17) is 9.47 Å². The van der Waals surface area contributed by atoms with Crippen LogP contribution in [0.15, 0.2) is 46.9 Å². The van der Waals surface area contributed by atoms with Crippen LogP contribution in [0.1, 0.15) is 38.3 Å². The first-order chi connectivity index (χ1) is 12.0. The van der Waals surface area contributed by atoms with E-state index in [1.807, 2.05) is 26.0 Å². The van der Waals surface area contributed by atoms with Gasteiger partial charge in [0.05, 0.1) is 13.2 Å². The number of rotatable bonds is 9. The minimum absolute atomic E-state index is 0.0949. The van der Waals surface area contributed by atoms with Crippen molar-refractivity contribution in [2.75, 3.05) is 7.11 Å². The van der Waals surface area contributed by atoms with Crippen molar-refractivity contribution in [3.63, 3.8) is 0 Å². The van der Waals surface area contributed by atoms with E-state index in [2.05, 4.69) is 58.5 Å². The van der Waals surface area contributed by atoms with E-state index in [9.17, 15) is 0 Å². The molecule has 1 N–H and O–H groups in total. The summed E-state index contributed by atoms with van der Waals surface area (Å²) in [7, 11) is 1.68. The van der Waals surface area contributed by atoms with Crippen molar-refractivity contribution < 1.29 is 9.47 Å². The Balaban J connectivity index is 2.01. The van der Waals surface area contributed by atoms with Crippen molar-refractivity contribution in [1.29, 1.82) is 0 Å². The van der Waals surface area contributed by atoms with E-state index in [0.29, 0.717) is 6.04 Å². The maximum Gasteiger partial charge on any atom is 0.167 e. The van der Waals surface area contributed by atoms with Crippen LogP contribution in [-0.4, -0.2) is 19.3 Å². The molecule has 3 nitrogen and oxygen atoms in total. The van der Waals surface area contributed by atoms with Gasteiger partial charge in [0.25, 0.3) is 0 Å². The van der Waals surface area contributed by atoms with Crippen LogP contribution in [0.5, 0.6) is 11.5 Å². The predicted octanol–water partition coefficient (Wildman–Crippen LogP) is 5.36. The van der Waals surface area contributed by atoms with E-state index in [1.165, 1.54) is 5.56 Å². The molecule has 0 aliphatic carbocycles. The molecule has 0 fully saturated rings. The highest BCUT2D eigenvalue weighted by Gasteiger charge is 2.16. The summed E-state index contributed by atoms with van der Waals surface area (Å²) in [5.41, 5.74) is 2.47. The van der Waals surface area contributed by atoms with Gasteiger partial charge in [-0.15, -0.1) is 0 Å². The Labute approximate surface area is 159 Å². The zero-order valence-electron chi connectivity index (χ0n) is 15.5. The number of halogens is 1. The first-order valence-electron chi connectivity index (χ1n) is 8.80. The summed E-state index contributed by atoms with van der Waals surface area (Å²) in [6.07, 6.45) is 2.26. The molecule has 0 spiro atoms. The second kappa shape index (κ2) is 9.83. The van der Waals surface area contributed by atoms with Gasteiger partial charge in [-0.3, -0.25) is 0 Å². The van der Waals surface area contributed by atoms with Crippen LogP contribution in [0.25, 0.3) is 0 Å². The van der Waals surface area contributed by atoms with Gasteiger partial charge in [-0.1, -0.05) is 46.3 Å². The first-order valence-corrected chi connectivity index (χ1v) is 9.60. The molecule has 2 aromatic rings. The summed E-state index contributed by atoms with van der Waals surface area (Å²) >= 11 is 3.65. The van der Waals surface area contributed by atoms with Gasteiger partial charge in [-0.25, -0.2) is 0 Å². The van der Waals surface area contributed by atoms with Crippen LogP contribution in [0.2, 0.25) is 0 Å². The summed E-state index contributed by atoms with van der Waals surface area (Å²) in [6.45, 7) is 7.01. The van der Waals surface area contributed by atoms with Crippen molar-refractivity contribution >= 4 is 15.9 Å². The van der Waals surface area contributed by atoms with Crippen molar-refractivity contribution in [3.05, 3.63) is 58.1 Å². The van der Waals surface area contributed by atoms with Crippen molar-refractivity contribution in [2.45, 2.75) is 52.3 Å². The third kappa shape index (κ3) is 6.05. The van der Waals surface area contributed by atoms with Gasteiger partial charge in [-0.05, 0) is 51.3 Å². The first kappa shape index (κ1) is 19.8. The SMILES string of the molecule is COc1ccc(Br)c(CNC(C)CCc2ccccc2)c1OC(C)C. The fraction of sp³-hybridized carbons (Fsp3) is 0.429. The summed E-state index contributed by atoms with van der Waals surface area (Å²) in [6, 6.07) is 15.0. The van der Waals surface area contributed by atoms with Gasteiger partial charge in [0, 0.05) is 22.6 Å². The number of benzene rings is 2.